The Kier molecular flexibility index (Phi) is 4.39. The van der Waals surface area contributed by atoms with Crippen LogP contribution in [0.2, 0.25) is 0 Å². The molecule has 0 radical (unpaired) electrons. The summed E-state index contributed by atoms with van der Waals surface area (Å²) in [4.78, 5) is 0. The van der Waals surface area contributed by atoms with Gasteiger partial charge in [0.2, 0.25) is 0 Å². The summed E-state index contributed by atoms with van der Waals surface area (Å²) in [6.45, 7) is 9.07. The molecule has 1 saturated heterocycles. The summed E-state index contributed by atoms with van der Waals surface area (Å²) in [5, 5.41) is 3.76. The van der Waals surface area contributed by atoms with Crippen LogP contribution in [0.5, 0.6) is 0 Å². The summed E-state index contributed by atoms with van der Waals surface area (Å²) in [6, 6.07) is 10.4. The zero-order valence-corrected chi connectivity index (χ0v) is 12.8. The van der Waals surface area contributed by atoms with E-state index in [-0.39, 0.29) is 5.41 Å². The molecule has 1 aromatic carbocycles. The van der Waals surface area contributed by atoms with Gasteiger partial charge in [-0.2, -0.15) is 11.8 Å². The minimum atomic E-state index is 0.249. The van der Waals surface area contributed by atoms with Gasteiger partial charge < -0.3 is 5.32 Å². The Morgan fingerprint density at radius 3 is 2.39 bits per heavy atom. The predicted octanol–water partition coefficient (Wildman–Crippen LogP) is 4.14. The molecule has 1 N–H and O–H groups in total. The summed E-state index contributed by atoms with van der Waals surface area (Å²) >= 11 is 2.08. The first kappa shape index (κ1) is 14.0. The standard InChI is InChI=1S/C16H25NS/c1-5-14-10-18-11-15(17-14)12-6-8-13(9-7-12)16(2,3)4/h6-9,14-15,17H,5,10-11H2,1-4H3. The number of rotatable bonds is 2. The molecule has 2 unspecified atom stereocenters. The molecule has 2 rings (SSSR count). The second-order valence-electron chi connectivity index (χ2n) is 6.23. The van der Waals surface area contributed by atoms with Gasteiger partial charge in [-0.25, -0.2) is 0 Å². The molecule has 1 heterocycles. The maximum absolute atomic E-state index is 3.76. The first-order valence-corrected chi connectivity index (χ1v) is 8.10. The summed E-state index contributed by atoms with van der Waals surface area (Å²) in [5.74, 6) is 2.46. The molecule has 1 nitrogen and oxygen atoms in total. The first-order chi connectivity index (χ1) is 8.50. The highest BCUT2D eigenvalue weighted by Crippen LogP contribution is 2.28. The van der Waals surface area contributed by atoms with Crippen molar-refractivity contribution < 1.29 is 0 Å². The number of thioether (sulfide) groups is 1. The van der Waals surface area contributed by atoms with Crippen molar-refractivity contribution in [3.8, 4) is 0 Å². The van der Waals surface area contributed by atoms with E-state index >= 15 is 0 Å². The first-order valence-electron chi connectivity index (χ1n) is 6.95. The van der Waals surface area contributed by atoms with E-state index in [1.165, 1.54) is 29.1 Å². The van der Waals surface area contributed by atoms with E-state index in [1.807, 2.05) is 0 Å². The smallest absolute Gasteiger partial charge is 0.0414 e. The van der Waals surface area contributed by atoms with Crippen LogP contribution < -0.4 is 5.32 Å². The fourth-order valence-electron chi connectivity index (χ4n) is 2.35. The van der Waals surface area contributed by atoms with Crippen LogP contribution in [0.3, 0.4) is 0 Å². The average molecular weight is 263 g/mol. The van der Waals surface area contributed by atoms with Gasteiger partial charge in [0.25, 0.3) is 0 Å². The molecular formula is C16H25NS. The van der Waals surface area contributed by atoms with Crippen LogP contribution in [0.15, 0.2) is 24.3 Å². The van der Waals surface area contributed by atoms with Crippen LogP contribution in [-0.2, 0) is 5.41 Å². The van der Waals surface area contributed by atoms with Crippen molar-refractivity contribution >= 4 is 11.8 Å². The molecule has 1 fully saturated rings. The lowest BCUT2D eigenvalue weighted by Crippen LogP contribution is -2.39. The summed E-state index contributed by atoms with van der Waals surface area (Å²) in [5.41, 5.74) is 3.11. The molecule has 0 amide bonds. The molecule has 1 aromatic rings. The normalized spacial score (nSPS) is 25.1. The lowest BCUT2D eigenvalue weighted by Gasteiger charge is -2.31. The summed E-state index contributed by atoms with van der Waals surface area (Å²) in [7, 11) is 0. The van der Waals surface area contributed by atoms with E-state index in [2.05, 4.69) is 69.0 Å². The second-order valence-corrected chi connectivity index (χ2v) is 7.31. The maximum atomic E-state index is 3.76. The molecule has 100 valence electrons. The molecule has 0 bridgehead atoms. The van der Waals surface area contributed by atoms with Gasteiger partial charge >= 0.3 is 0 Å². The monoisotopic (exact) mass is 263 g/mol. The summed E-state index contributed by atoms with van der Waals surface area (Å²) < 4.78 is 0. The van der Waals surface area contributed by atoms with Crippen LogP contribution in [0.4, 0.5) is 0 Å². The highest BCUT2D eigenvalue weighted by molar-refractivity contribution is 7.99. The number of benzene rings is 1. The van der Waals surface area contributed by atoms with E-state index < -0.39 is 0 Å². The topological polar surface area (TPSA) is 12.0 Å². The highest BCUT2D eigenvalue weighted by Gasteiger charge is 2.22. The molecule has 0 aromatic heterocycles. The lowest BCUT2D eigenvalue weighted by molar-refractivity contribution is 0.466. The van der Waals surface area contributed by atoms with Gasteiger partial charge in [0.15, 0.2) is 0 Å². The fraction of sp³-hybridized carbons (Fsp3) is 0.625. The number of nitrogens with one attached hydrogen (secondary N) is 1. The Hall–Kier alpha value is -0.470. The van der Waals surface area contributed by atoms with Crippen molar-refractivity contribution in [3.63, 3.8) is 0 Å². The van der Waals surface area contributed by atoms with Crippen molar-refractivity contribution in [2.75, 3.05) is 11.5 Å². The Bertz CT molecular complexity index is 377. The Morgan fingerprint density at radius 1 is 1.17 bits per heavy atom. The zero-order chi connectivity index (χ0) is 13.2. The molecule has 0 saturated carbocycles. The van der Waals surface area contributed by atoms with E-state index in [0.717, 1.165) is 0 Å². The van der Waals surface area contributed by atoms with Crippen molar-refractivity contribution in [1.82, 2.24) is 5.32 Å². The van der Waals surface area contributed by atoms with Gasteiger partial charge in [0, 0.05) is 23.6 Å². The Morgan fingerprint density at radius 2 is 1.83 bits per heavy atom. The number of hydrogen-bond acceptors (Lipinski definition) is 2. The van der Waals surface area contributed by atoms with Crippen molar-refractivity contribution in [2.45, 2.75) is 51.6 Å². The van der Waals surface area contributed by atoms with Crippen molar-refractivity contribution in [3.05, 3.63) is 35.4 Å². The van der Waals surface area contributed by atoms with Gasteiger partial charge in [0.1, 0.15) is 0 Å². The van der Waals surface area contributed by atoms with Gasteiger partial charge in [-0.15, -0.1) is 0 Å². The molecule has 2 atom stereocenters. The lowest BCUT2D eigenvalue weighted by atomic mass is 9.86. The van der Waals surface area contributed by atoms with E-state index in [4.69, 9.17) is 0 Å². The van der Waals surface area contributed by atoms with E-state index in [0.29, 0.717) is 12.1 Å². The molecule has 18 heavy (non-hydrogen) atoms. The Labute approximate surface area is 116 Å². The minimum Gasteiger partial charge on any atom is -0.306 e. The summed E-state index contributed by atoms with van der Waals surface area (Å²) in [6.07, 6.45) is 1.23. The molecule has 0 spiro atoms. The van der Waals surface area contributed by atoms with Crippen molar-refractivity contribution in [1.29, 1.82) is 0 Å². The van der Waals surface area contributed by atoms with Crippen LogP contribution in [-0.4, -0.2) is 17.5 Å². The van der Waals surface area contributed by atoms with Crippen LogP contribution in [0.1, 0.15) is 51.3 Å². The van der Waals surface area contributed by atoms with Crippen molar-refractivity contribution in [2.24, 2.45) is 0 Å². The van der Waals surface area contributed by atoms with E-state index in [1.54, 1.807) is 0 Å². The van der Waals surface area contributed by atoms with Crippen LogP contribution in [0, 0.1) is 0 Å². The molecular weight excluding hydrogens is 238 g/mol. The molecule has 0 aliphatic carbocycles. The predicted molar refractivity (Wildman–Crippen MR) is 82.4 cm³/mol. The quantitative estimate of drug-likeness (QED) is 0.860. The third-order valence-corrected chi connectivity index (χ3v) is 4.92. The third kappa shape index (κ3) is 3.30. The van der Waals surface area contributed by atoms with Crippen LogP contribution >= 0.6 is 11.8 Å². The second kappa shape index (κ2) is 5.66. The van der Waals surface area contributed by atoms with Gasteiger partial charge in [0.05, 0.1) is 0 Å². The third-order valence-electron chi connectivity index (χ3n) is 3.71. The van der Waals surface area contributed by atoms with E-state index in [9.17, 15) is 0 Å². The SMILES string of the molecule is CCC1CSCC(c2ccc(C(C)(C)C)cc2)N1. The van der Waals surface area contributed by atoms with Crippen LogP contribution in [0.25, 0.3) is 0 Å². The maximum Gasteiger partial charge on any atom is 0.0414 e. The molecule has 1 aliphatic heterocycles. The average Bonchev–Trinajstić information content (AvgIpc) is 2.38. The van der Waals surface area contributed by atoms with Gasteiger partial charge in [-0.1, -0.05) is 52.0 Å². The zero-order valence-electron chi connectivity index (χ0n) is 12.0. The fourth-order valence-corrected chi connectivity index (χ4v) is 3.63. The Balaban J connectivity index is 2.09. The van der Waals surface area contributed by atoms with Gasteiger partial charge in [-0.05, 0) is 23.0 Å². The largest absolute Gasteiger partial charge is 0.306 e. The number of hydrogen-bond donors (Lipinski definition) is 1. The highest BCUT2D eigenvalue weighted by atomic mass is 32.2. The minimum absolute atomic E-state index is 0.249. The molecule has 2 heteroatoms. The van der Waals surface area contributed by atoms with Gasteiger partial charge in [-0.3, -0.25) is 0 Å². The molecule has 1 aliphatic rings.